The van der Waals surface area contributed by atoms with E-state index in [0.717, 1.165) is 4.90 Å². The van der Waals surface area contributed by atoms with Gasteiger partial charge in [-0.2, -0.15) is 13.2 Å². The van der Waals surface area contributed by atoms with E-state index in [1.165, 1.54) is 32.4 Å². The molecule has 1 rings (SSSR count). The standard InChI is InChI=1S/C12H15F3N2O2/c1-17(6-5-12(13,14)15)11(18)9-4-3-8(16)7-10(9)19-2/h3-4,7H,5-6,16H2,1-2H3. The minimum Gasteiger partial charge on any atom is -0.496 e. The van der Waals surface area contributed by atoms with Crippen molar-refractivity contribution in [1.29, 1.82) is 0 Å². The van der Waals surface area contributed by atoms with Crippen molar-refractivity contribution in [3.8, 4) is 5.75 Å². The number of carbonyl (C=O) groups is 1. The molecule has 0 unspecified atom stereocenters. The number of rotatable bonds is 4. The van der Waals surface area contributed by atoms with Gasteiger partial charge < -0.3 is 15.4 Å². The molecule has 0 radical (unpaired) electrons. The van der Waals surface area contributed by atoms with Gasteiger partial charge in [0.1, 0.15) is 5.75 Å². The smallest absolute Gasteiger partial charge is 0.390 e. The summed E-state index contributed by atoms with van der Waals surface area (Å²) in [6.45, 7) is -0.407. The van der Waals surface area contributed by atoms with E-state index in [-0.39, 0.29) is 11.3 Å². The van der Waals surface area contributed by atoms with Gasteiger partial charge in [-0.05, 0) is 12.1 Å². The van der Waals surface area contributed by atoms with Gasteiger partial charge >= 0.3 is 6.18 Å². The van der Waals surface area contributed by atoms with Crippen LogP contribution in [0.2, 0.25) is 0 Å². The molecule has 0 atom stereocenters. The van der Waals surface area contributed by atoms with Crippen LogP contribution in [0.5, 0.6) is 5.75 Å². The number of hydrogen-bond donors (Lipinski definition) is 1. The summed E-state index contributed by atoms with van der Waals surface area (Å²) in [5.74, 6) is -0.301. The number of carbonyl (C=O) groups excluding carboxylic acids is 1. The number of nitrogens with two attached hydrogens (primary N) is 1. The topological polar surface area (TPSA) is 55.6 Å². The second-order valence-electron chi connectivity index (χ2n) is 4.05. The number of anilines is 1. The fourth-order valence-corrected chi connectivity index (χ4v) is 1.49. The van der Waals surface area contributed by atoms with E-state index in [2.05, 4.69) is 0 Å². The fourth-order valence-electron chi connectivity index (χ4n) is 1.49. The lowest BCUT2D eigenvalue weighted by Gasteiger charge is -2.19. The van der Waals surface area contributed by atoms with Gasteiger partial charge in [0.15, 0.2) is 0 Å². The van der Waals surface area contributed by atoms with Crippen LogP contribution in [0.15, 0.2) is 18.2 Å². The Kier molecular flexibility index (Phi) is 4.63. The van der Waals surface area contributed by atoms with Crippen LogP contribution in [-0.4, -0.2) is 37.7 Å². The molecule has 7 heteroatoms. The third kappa shape index (κ3) is 4.35. The van der Waals surface area contributed by atoms with Crippen LogP contribution in [0.3, 0.4) is 0 Å². The van der Waals surface area contributed by atoms with E-state index < -0.39 is 25.0 Å². The lowest BCUT2D eigenvalue weighted by molar-refractivity contribution is -0.136. The van der Waals surface area contributed by atoms with Gasteiger partial charge in [0.25, 0.3) is 5.91 Å². The van der Waals surface area contributed by atoms with Crippen LogP contribution >= 0.6 is 0 Å². The fraction of sp³-hybridized carbons (Fsp3) is 0.417. The lowest BCUT2D eigenvalue weighted by Crippen LogP contribution is -2.30. The Labute approximate surface area is 108 Å². The number of amides is 1. The molecular weight excluding hydrogens is 261 g/mol. The van der Waals surface area contributed by atoms with E-state index >= 15 is 0 Å². The van der Waals surface area contributed by atoms with Crippen LogP contribution in [0, 0.1) is 0 Å². The number of methoxy groups -OCH3 is 1. The van der Waals surface area contributed by atoms with E-state index in [9.17, 15) is 18.0 Å². The van der Waals surface area contributed by atoms with Gasteiger partial charge in [-0.15, -0.1) is 0 Å². The first-order valence-corrected chi connectivity index (χ1v) is 5.50. The molecule has 0 spiro atoms. The molecule has 0 aromatic heterocycles. The summed E-state index contributed by atoms with van der Waals surface area (Å²) in [5.41, 5.74) is 6.13. The van der Waals surface area contributed by atoms with Crippen molar-refractivity contribution in [2.75, 3.05) is 26.4 Å². The van der Waals surface area contributed by atoms with Crippen molar-refractivity contribution < 1.29 is 22.7 Å². The van der Waals surface area contributed by atoms with Gasteiger partial charge in [-0.1, -0.05) is 0 Å². The number of nitrogen functional groups attached to an aromatic ring is 1. The summed E-state index contributed by atoms with van der Waals surface area (Å²) in [5, 5.41) is 0. The van der Waals surface area contributed by atoms with Gasteiger partial charge in [0, 0.05) is 25.3 Å². The third-order valence-corrected chi connectivity index (χ3v) is 2.53. The second kappa shape index (κ2) is 5.81. The first-order chi connectivity index (χ1) is 8.74. The molecule has 2 N–H and O–H groups in total. The molecule has 0 saturated carbocycles. The van der Waals surface area contributed by atoms with E-state index in [1.54, 1.807) is 0 Å². The van der Waals surface area contributed by atoms with Gasteiger partial charge in [0.2, 0.25) is 0 Å². The SMILES string of the molecule is COc1cc(N)ccc1C(=O)N(C)CCC(F)(F)F. The maximum absolute atomic E-state index is 12.1. The lowest BCUT2D eigenvalue weighted by atomic mass is 10.1. The average Bonchev–Trinajstić information content (AvgIpc) is 2.34. The first kappa shape index (κ1) is 15.1. The van der Waals surface area contributed by atoms with Crippen molar-refractivity contribution in [2.24, 2.45) is 0 Å². The van der Waals surface area contributed by atoms with Gasteiger partial charge in [-0.25, -0.2) is 0 Å². The second-order valence-corrected chi connectivity index (χ2v) is 4.05. The number of nitrogens with zero attached hydrogens (tertiary/aromatic N) is 1. The monoisotopic (exact) mass is 276 g/mol. The van der Waals surface area contributed by atoms with Crippen molar-refractivity contribution in [3.63, 3.8) is 0 Å². The number of alkyl halides is 3. The average molecular weight is 276 g/mol. The molecule has 4 nitrogen and oxygen atoms in total. The molecule has 19 heavy (non-hydrogen) atoms. The number of benzene rings is 1. The van der Waals surface area contributed by atoms with Crippen LogP contribution in [-0.2, 0) is 0 Å². The maximum Gasteiger partial charge on any atom is 0.390 e. The minimum absolute atomic E-state index is 0.182. The largest absolute Gasteiger partial charge is 0.496 e. The number of hydrogen-bond acceptors (Lipinski definition) is 3. The van der Waals surface area contributed by atoms with E-state index in [1.807, 2.05) is 0 Å². The molecule has 0 aliphatic heterocycles. The number of halogens is 3. The first-order valence-electron chi connectivity index (χ1n) is 5.50. The van der Waals surface area contributed by atoms with E-state index in [4.69, 9.17) is 10.5 Å². The predicted molar refractivity (Wildman–Crippen MR) is 65.0 cm³/mol. The Morgan fingerprint density at radius 2 is 2.05 bits per heavy atom. The van der Waals surface area contributed by atoms with Crippen molar-refractivity contribution in [1.82, 2.24) is 4.90 Å². The molecule has 1 amide bonds. The molecule has 1 aromatic carbocycles. The predicted octanol–water partition coefficient (Wildman–Crippen LogP) is 2.30. The highest BCUT2D eigenvalue weighted by atomic mass is 19.4. The summed E-state index contributed by atoms with van der Waals surface area (Å²) < 4.78 is 41.3. The Morgan fingerprint density at radius 3 is 2.58 bits per heavy atom. The molecule has 0 aliphatic carbocycles. The van der Waals surface area contributed by atoms with Crippen LogP contribution in [0.1, 0.15) is 16.8 Å². The van der Waals surface area contributed by atoms with Crippen molar-refractivity contribution in [2.45, 2.75) is 12.6 Å². The van der Waals surface area contributed by atoms with Crippen LogP contribution in [0.25, 0.3) is 0 Å². The molecule has 0 bridgehead atoms. The Morgan fingerprint density at radius 1 is 1.42 bits per heavy atom. The Bertz CT molecular complexity index is 461. The molecule has 0 aliphatic rings. The highest BCUT2D eigenvalue weighted by Crippen LogP contribution is 2.24. The minimum atomic E-state index is -4.29. The van der Waals surface area contributed by atoms with Crippen LogP contribution in [0.4, 0.5) is 18.9 Å². The normalized spacial score (nSPS) is 11.2. The molecule has 0 heterocycles. The summed E-state index contributed by atoms with van der Waals surface area (Å²) in [6, 6.07) is 4.37. The zero-order valence-electron chi connectivity index (χ0n) is 10.6. The summed E-state index contributed by atoms with van der Waals surface area (Å²) in [4.78, 5) is 13.0. The highest BCUT2D eigenvalue weighted by Gasteiger charge is 2.28. The van der Waals surface area contributed by atoms with Gasteiger partial charge in [0.05, 0.1) is 19.1 Å². The Hall–Kier alpha value is -1.92. The quantitative estimate of drug-likeness (QED) is 0.858. The summed E-state index contributed by atoms with van der Waals surface area (Å²) in [7, 11) is 2.67. The molecule has 106 valence electrons. The van der Waals surface area contributed by atoms with E-state index in [0.29, 0.717) is 5.69 Å². The van der Waals surface area contributed by atoms with Crippen LogP contribution < -0.4 is 10.5 Å². The van der Waals surface area contributed by atoms with Crippen molar-refractivity contribution in [3.05, 3.63) is 23.8 Å². The van der Waals surface area contributed by atoms with Gasteiger partial charge in [-0.3, -0.25) is 4.79 Å². The maximum atomic E-state index is 12.1. The molecule has 0 fully saturated rings. The summed E-state index contributed by atoms with van der Waals surface area (Å²) >= 11 is 0. The van der Waals surface area contributed by atoms with Crippen molar-refractivity contribution >= 4 is 11.6 Å². The molecule has 1 aromatic rings. The molecule has 0 saturated heterocycles. The zero-order valence-corrected chi connectivity index (χ0v) is 10.6. The highest BCUT2D eigenvalue weighted by molar-refractivity contribution is 5.97. The molecular formula is C12H15F3N2O2. The summed E-state index contributed by atoms with van der Waals surface area (Å²) in [6.07, 6.45) is -5.34. The number of ether oxygens (including phenoxy) is 1. The third-order valence-electron chi connectivity index (χ3n) is 2.53. The zero-order chi connectivity index (χ0) is 14.6. The Balaban J connectivity index is 2.82.